The van der Waals surface area contributed by atoms with E-state index < -0.39 is 11.8 Å². The molecule has 0 heterocycles. The van der Waals surface area contributed by atoms with Gasteiger partial charge in [0.25, 0.3) is 0 Å². The average Bonchev–Trinajstić information content (AvgIpc) is 2.90. The van der Waals surface area contributed by atoms with Gasteiger partial charge in [0.05, 0.1) is 32.7 Å². The zero-order valence-electron chi connectivity index (χ0n) is 20.0. The first-order valence-electron chi connectivity index (χ1n) is 10.7. The fourth-order valence-electron chi connectivity index (χ4n) is 3.08. The highest BCUT2D eigenvalue weighted by Crippen LogP contribution is 2.30. The van der Waals surface area contributed by atoms with E-state index in [1.54, 1.807) is 50.4 Å². The predicted molar refractivity (Wildman–Crippen MR) is 132 cm³/mol. The maximum Gasteiger partial charge on any atom is 0.329 e. The van der Waals surface area contributed by atoms with E-state index in [1.807, 2.05) is 30.3 Å². The Balaban J connectivity index is 1.63. The van der Waals surface area contributed by atoms with Crippen molar-refractivity contribution < 1.29 is 28.5 Å². The molecule has 0 aliphatic heterocycles. The Labute approximate surface area is 203 Å². The van der Waals surface area contributed by atoms with Crippen LogP contribution in [-0.4, -0.2) is 38.9 Å². The second-order valence-corrected chi connectivity index (χ2v) is 7.30. The van der Waals surface area contributed by atoms with Gasteiger partial charge in [0.15, 0.2) is 11.5 Å². The Bertz CT molecular complexity index is 1210. The molecule has 9 heteroatoms. The van der Waals surface area contributed by atoms with Crippen LogP contribution in [0.1, 0.15) is 18.1 Å². The van der Waals surface area contributed by atoms with E-state index in [4.69, 9.17) is 18.9 Å². The predicted octanol–water partition coefficient (Wildman–Crippen LogP) is 3.77. The molecule has 0 bridgehead atoms. The van der Waals surface area contributed by atoms with Crippen LogP contribution in [0.2, 0.25) is 0 Å². The third-order valence-corrected chi connectivity index (χ3v) is 5.01. The molecule has 0 saturated carbocycles. The van der Waals surface area contributed by atoms with Crippen LogP contribution in [0.15, 0.2) is 71.8 Å². The number of ether oxygens (including phenoxy) is 4. The topological polar surface area (TPSA) is 107 Å². The first-order chi connectivity index (χ1) is 16.9. The molecule has 0 aliphatic rings. The standard InChI is InChI=1S/C26H27N3O6/c1-17(19-10-13-22(24(14-19)34-4)35-16-18-8-6-5-7-9-18)28-29-26(31)25(30)27-21-12-11-20(32-2)15-23(21)33-3/h5-15H,16H2,1-4H3,(H,27,30)(H,29,31)/b28-17+. The largest absolute Gasteiger partial charge is 0.497 e. The van der Waals surface area contributed by atoms with Crippen molar-refractivity contribution in [3.63, 3.8) is 0 Å². The zero-order chi connectivity index (χ0) is 25.2. The molecule has 0 aromatic heterocycles. The molecule has 9 nitrogen and oxygen atoms in total. The summed E-state index contributed by atoms with van der Waals surface area (Å²) in [5.41, 5.74) is 4.77. The van der Waals surface area contributed by atoms with Gasteiger partial charge in [0.1, 0.15) is 18.1 Å². The fourth-order valence-corrected chi connectivity index (χ4v) is 3.08. The molecule has 3 aromatic rings. The second kappa shape index (κ2) is 12.1. The van der Waals surface area contributed by atoms with Crippen LogP contribution in [0.3, 0.4) is 0 Å². The van der Waals surface area contributed by atoms with Crippen molar-refractivity contribution in [3.8, 4) is 23.0 Å². The van der Waals surface area contributed by atoms with E-state index in [-0.39, 0.29) is 0 Å². The quantitative estimate of drug-likeness (QED) is 0.276. The monoisotopic (exact) mass is 477 g/mol. The summed E-state index contributed by atoms with van der Waals surface area (Å²) in [5, 5.41) is 6.53. The molecule has 35 heavy (non-hydrogen) atoms. The number of nitrogens with one attached hydrogen (secondary N) is 2. The van der Waals surface area contributed by atoms with E-state index >= 15 is 0 Å². The van der Waals surface area contributed by atoms with Crippen molar-refractivity contribution in [3.05, 3.63) is 77.9 Å². The number of methoxy groups -OCH3 is 3. The Morgan fingerprint density at radius 3 is 2.23 bits per heavy atom. The molecule has 0 aliphatic carbocycles. The number of hydrogen-bond acceptors (Lipinski definition) is 7. The van der Waals surface area contributed by atoms with Gasteiger partial charge in [-0.1, -0.05) is 30.3 Å². The van der Waals surface area contributed by atoms with Gasteiger partial charge in [-0.3, -0.25) is 9.59 Å². The average molecular weight is 478 g/mol. The van der Waals surface area contributed by atoms with E-state index in [2.05, 4.69) is 15.8 Å². The Kier molecular flexibility index (Phi) is 8.66. The van der Waals surface area contributed by atoms with Crippen LogP contribution in [-0.2, 0) is 16.2 Å². The van der Waals surface area contributed by atoms with Gasteiger partial charge in [-0.05, 0) is 42.8 Å². The Morgan fingerprint density at radius 2 is 1.54 bits per heavy atom. The summed E-state index contributed by atoms with van der Waals surface area (Å²) in [6.07, 6.45) is 0. The minimum atomic E-state index is -0.933. The van der Waals surface area contributed by atoms with Gasteiger partial charge >= 0.3 is 11.8 Å². The van der Waals surface area contributed by atoms with Gasteiger partial charge in [-0.2, -0.15) is 5.10 Å². The number of rotatable bonds is 9. The third-order valence-electron chi connectivity index (χ3n) is 5.01. The van der Waals surface area contributed by atoms with Gasteiger partial charge in [0.2, 0.25) is 0 Å². The molecule has 0 radical (unpaired) electrons. The van der Waals surface area contributed by atoms with Crippen molar-refractivity contribution in [1.29, 1.82) is 0 Å². The normalized spacial score (nSPS) is 10.8. The SMILES string of the molecule is COc1ccc(NC(=O)C(=O)N/N=C(\C)c2ccc(OCc3ccccc3)c(OC)c2)c(OC)c1. The van der Waals surface area contributed by atoms with Crippen molar-refractivity contribution in [2.75, 3.05) is 26.6 Å². The number of nitrogens with zero attached hydrogens (tertiary/aromatic N) is 1. The zero-order valence-corrected chi connectivity index (χ0v) is 20.0. The molecular weight excluding hydrogens is 450 g/mol. The number of anilines is 1. The molecule has 0 unspecified atom stereocenters. The van der Waals surface area contributed by atoms with Crippen molar-refractivity contribution in [2.24, 2.45) is 5.10 Å². The number of benzene rings is 3. The summed E-state index contributed by atoms with van der Waals surface area (Å²) in [4.78, 5) is 24.6. The van der Waals surface area contributed by atoms with E-state index in [9.17, 15) is 9.59 Å². The molecular formula is C26H27N3O6. The summed E-state index contributed by atoms with van der Waals surface area (Å²) >= 11 is 0. The molecule has 3 aromatic carbocycles. The molecule has 2 N–H and O–H groups in total. The Hall–Kier alpha value is -4.53. The van der Waals surface area contributed by atoms with Gasteiger partial charge in [-0.15, -0.1) is 0 Å². The Morgan fingerprint density at radius 1 is 0.800 bits per heavy atom. The highest BCUT2D eigenvalue weighted by molar-refractivity contribution is 6.39. The van der Waals surface area contributed by atoms with Gasteiger partial charge < -0.3 is 24.3 Å². The van der Waals surface area contributed by atoms with Crippen LogP contribution in [0, 0.1) is 0 Å². The maximum absolute atomic E-state index is 12.3. The van der Waals surface area contributed by atoms with E-state index in [1.165, 1.54) is 14.2 Å². The van der Waals surface area contributed by atoms with Crippen molar-refractivity contribution in [2.45, 2.75) is 13.5 Å². The third kappa shape index (κ3) is 6.73. The highest BCUT2D eigenvalue weighted by atomic mass is 16.5. The molecule has 182 valence electrons. The smallest absolute Gasteiger partial charge is 0.329 e. The lowest BCUT2D eigenvalue weighted by Crippen LogP contribution is -2.33. The molecule has 0 fully saturated rings. The van der Waals surface area contributed by atoms with Crippen LogP contribution in [0.25, 0.3) is 0 Å². The first kappa shape index (κ1) is 25.1. The minimum absolute atomic E-state index is 0.324. The number of carbonyl (C=O) groups is 2. The van der Waals surface area contributed by atoms with Crippen LogP contribution >= 0.6 is 0 Å². The number of carbonyl (C=O) groups excluding carboxylic acids is 2. The second-order valence-electron chi connectivity index (χ2n) is 7.30. The lowest BCUT2D eigenvalue weighted by molar-refractivity contribution is -0.136. The lowest BCUT2D eigenvalue weighted by Gasteiger charge is -2.12. The summed E-state index contributed by atoms with van der Waals surface area (Å²) in [6, 6.07) is 19.9. The number of hydrogen-bond donors (Lipinski definition) is 2. The first-order valence-corrected chi connectivity index (χ1v) is 10.7. The van der Waals surface area contributed by atoms with Crippen molar-refractivity contribution >= 4 is 23.2 Å². The lowest BCUT2D eigenvalue weighted by atomic mass is 10.1. The minimum Gasteiger partial charge on any atom is -0.497 e. The van der Waals surface area contributed by atoms with Crippen LogP contribution in [0.4, 0.5) is 5.69 Å². The molecule has 0 saturated heterocycles. The van der Waals surface area contributed by atoms with Gasteiger partial charge in [-0.25, -0.2) is 5.43 Å². The summed E-state index contributed by atoms with van der Waals surface area (Å²) in [7, 11) is 4.51. The highest BCUT2D eigenvalue weighted by Gasteiger charge is 2.16. The van der Waals surface area contributed by atoms with E-state index in [0.717, 1.165) is 5.56 Å². The molecule has 2 amide bonds. The number of hydrazone groups is 1. The van der Waals surface area contributed by atoms with Crippen molar-refractivity contribution in [1.82, 2.24) is 5.43 Å². The molecule has 3 rings (SSSR count). The number of amides is 2. The summed E-state index contributed by atoms with van der Waals surface area (Å²) in [5.74, 6) is 0.168. The van der Waals surface area contributed by atoms with E-state index in [0.29, 0.717) is 46.6 Å². The maximum atomic E-state index is 12.3. The molecule has 0 atom stereocenters. The van der Waals surface area contributed by atoms with Crippen LogP contribution < -0.4 is 29.7 Å². The molecule has 0 spiro atoms. The van der Waals surface area contributed by atoms with Gasteiger partial charge in [0, 0.05) is 11.6 Å². The van der Waals surface area contributed by atoms with Crippen LogP contribution in [0.5, 0.6) is 23.0 Å². The fraction of sp³-hybridized carbons (Fsp3) is 0.192. The summed E-state index contributed by atoms with van der Waals surface area (Å²) < 4.78 is 21.6. The summed E-state index contributed by atoms with van der Waals surface area (Å²) in [6.45, 7) is 2.09.